The quantitative estimate of drug-likeness (QED) is 0.423. The molecule has 4 N–H and O–H groups in total. The second-order valence-corrected chi connectivity index (χ2v) is 3.82. The fraction of sp³-hybridized carbons (Fsp3) is 0.875. The molecule has 1 atom stereocenters. The van der Waals surface area contributed by atoms with Crippen LogP contribution in [0, 0.1) is 16.7 Å². The van der Waals surface area contributed by atoms with Crippen molar-refractivity contribution in [1.29, 1.82) is 5.41 Å². The maximum absolute atomic E-state index is 9.60. The SMILES string of the molecule is CC(C)[C@H](O)C(C)(C)C(=N)N. The minimum Gasteiger partial charge on any atom is -0.392 e. The van der Waals surface area contributed by atoms with E-state index in [0.717, 1.165) is 0 Å². The Bertz CT molecular complexity index is 152. The van der Waals surface area contributed by atoms with Crippen LogP contribution in [0.15, 0.2) is 0 Å². The zero-order valence-corrected chi connectivity index (χ0v) is 7.68. The molecule has 66 valence electrons. The second kappa shape index (κ2) is 3.22. The number of nitrogens with one attached hydrogen (secondary N) is 1. The Kier molecular flexibility index (Phi) is 3.05. The molecule has 0 unspecified atom stereocenters. The summed E-state index contributed by atoms with van der Waals surface area (Å²) in [6.07, 6.45) is -0.542. The van der Waals surface area contributed by atoms with Crippen LogP contribution < -0.4 is 5.73 Å². The van der Waals surface area contributed by atoms with Gasteiger partial charge in [-0.15, -0.1) is 0 Å². The van der Waals surface area contributed by atoms with Crippen LogP contribution in [0.25, 0.3) is 0 Å². The van der Waals surface area contributed by atoms with Crippen LogP contribution in [0.4, 0.5) is 0 Å². The summed E-state index contributed by atoms with van der Waals surface area (Å²) in [4.78, 5) is 0. The van der Waals surface area contributed by atoms with Gasteiger partial charge in [0.2, 0.25) is 0 Å². The molecule has 0 radical (unpaired) electrons. The predicted octanol–water partition coefficient (Wildman–Crippen LogP) is 0.965. The lowest BCUT2D eigenvalue weighted by molar-refractivity contribution is 0.0506. The maximum atomic E-state index is 9.60. The summed E-state index contributed by atoms with van der Waals surface area (Å²) in [5, 5.41) is 16.8. The molecule has 0 aliphatic rings. The lowest BCUT2D eigenvalue weighted by Gasteiger charge is -2.31. The fourth-order valence-corrected chi connectivity index (χ4v) is 0.993. The molecule has 0 spiro atoms. The van der Waals surface area contributed by atoms with Gasteiger partial charge in [-0.25, -0.2) is 0 Å². The minimum atomic E-state index is -0.603. The smallest absolute Gasteiger partial charge is 0.0989 e. The Labute approximate surface area is 68.1 Å². The summed E-state index contributed by atoms with van der Waals surface area (Å²) in [5.41, 5.74) is 4.73. The molecule has 0 heterocycles. The van der Waals surface area contributed by atoms with Crippen molar-refractivity contribution in [1.82, 2.24) is 0 Å². The van der Waals surface area contributed by atoms with E-state index in [0.29, 0.717) is 0 Å². The van der Waals surface area contributed by atoms with E-state index in [-0.39, 0.29) is 11.8 Å². The minimum absolute atomic E-state index is 0.0405. The van der Waals surface area contributed by atoms with Crippen LogP contribution in [-0.2, 0) is 0 Å². The fourth-order valence-electron chi connectivity index (χ4n) is 0.993. The number of hydrogen-bond acceptors (Lipinski definition) is 2. The van der Waals surface area contributed by atoms with Crippen molar-refractivity contribution < 1.29 is 5.11 Å². The van der Waals surface area contributed by atoms with Crippen molar-refractivity contribution in [2.75, 3.05) is 0 Å². The summed E-state index contributed by atoms with van der Waals surface area (Å²) >= 11 is 0. The zero-order chi connectivity index (χ0) is 9.23. The molecule has 0 saturated carbocycles. The third-order valence-corrected chi connectivity index (χ3v) is 2.07. The number of rotatable bonds is 3. The van der Waals surface area contributed by atoms with Crippen molar-refractivity contribution in [2.45, 2.75) is 33.8 Å². The standard InChI is InChI=1S/C8H18N2O/c1-5(2)6(11)8(3,4)7(9)10/h5-6,11H,1-4H3,(H3,9,10)/t6-/m0/s1. The lowest BCUT2D eigenvalue weighted by atomic mass is 9.80. The van der Waals surface area contributed by atoms with E-state index < -0.39 is 11.5 Å². The average Bonchev–Trinajstić information content (AvgIpc) is 1.85. The van der Waals surface area contributed by atoms with Gasteiger partial charge in [0.25, 0.3) is 0 Å². The van der Waals surface area contributed by atoms with Gasteiger partial charge in [-0.05, 0) is 5.92 Å². The summed E-state index contributed by atoms with van der Waals surface area (Å²) in [5.74, 6) is 0.174. The molecule has 0 aromatic rings. The van der Waals surface area contributed by atoms with E-state index in [1.807, 2.05) is 13.8 Å². The van der Waals surface area contributed by atoms with Gasteiger partial charge in [-0.2, -0.15) is 0 Å². The van der Waals surface area contributed by atoms with E-state index in [9.17, 15) is 5.11 Å². The molecule has 3 heteroatoms. The molecule has 3 nitrogen and oxygen atoms in total. The van der Waals surface area contributed by atoms with Gasteiger partial charge in [0.1, 0.15) is 0 Å². The molecule has 0 bridgehead atoms. The molecule has 0 aliphatic carbocycles. The van der Waals surface area contributed by atoms with Gasteiger partial charge in [-0.1, -0.05) is 27.7 Å². The van der Waals surface area contributed by atoms with Crippen molar-refractivity contribution >= 4 is 5.84 Å². The molecule has 0 aliphatic heterocycles. The lowest BCUT2D eigenvalue weighted by Crippen LogP contribution is -2.43. The predicted molar refractivity (Wildman–Crippen MR) is 46.5 cm³/mol. The van der Waals surface area contributed by atoms with Crippen LogP contribution in [0.3, 0.4) is 0 Å². The van der Waals surface area contributed by atoms with Crippen LogP contribution in [0.2, 0.25) is 0 Å². The first kappa shape index (κ1) is 10.4. The van der Waals surface area contributed by atoms with Crippen LogP contribution in [0.1, 0.15) is 27.7 Å². The highest BCUT2D eigenvalue weighted by atomic mass is 16.3. The number of aliphatic hydroxyl groups is 1. The molecule has 0 aromatic carbocycles. The summed E-state index contributed by atoms with van der Waals surface area (Å²) in [6, 6.07) is 0. The highest BCUT2D eigenvalue weighted by Gasteiger charge is 2.32. The first-order chi connectivity index (χ1) is 4.80. The maximum Gasteiger partial charge on any atom is 0.0989 e. The van der Waals surface area contributed by atoms with Crippen LogP contribution >= 0.6 is 0 Å². The average molecular weight is 158 g/mol. The second-order valence-electron chi connectivity index (χ2n) is 3.82. The Morgan fingerprint density at radius 2 is 1.82 bits per heavy atom. The molecule has 0 rings (SSSR count). The van der Waals surface area contributed by atoms with E-state index >= 15 is 0 Å². The molecule has 11 heavy (non-hydrogen) atoms. The summed E-state index contributed by atoms with van der Waals surface area (Å²) < 4.78 is 0. The first-order valence-corrected chi connectivity index (χ1v) is 3.82. The van der Waals surface area contributed by atoms with Crippen molar-refractivity contribution in [3.05, 3.63) is 0 Å². The van der Waals surface area contributed by atoms with Gasteiger partial charge >= 0.3 is 0 Å². The summed E-state index contributed by atoms with van der Waals surface area (Å²) in [7, 11) is 0. The monoisotopic (exact) mass is 158 g/mol. The molecule has 0 aromatic heterocycles. The van der Waals surface area contributed by atoms with E-state index in [2.05, 4.69) is 0 Å². The van der Waals surface area contributed by atoms with Gasteiger partial charge in [0, 0.05) is 5.41 Å². The normalized spacial score (nSPS) is 15.1. The van der Waals surface area contributed by atoms with Crippen molar-refractivity contribution in [2.24, 2.45) is 17.1 Å². The number of hydrogen-bond donors (Lipinski definition) is 3. The Balaban J connectivity index is 4.42. The first-order valence-electron chi connectivity index (χ1n) is 3.82. The van der Waals surface area contributed by atoms with Gasteiger partial charge in [0.15, 0.2) is 0 Å². The Morgan fingerprint density at radius 1 is 1.45 bits per heavy atom. The number of nitrogens with two attached hydrogens (primary N) is 1. The van der Waals surface area contributed by atoms with Gasteiger partial charge in [0.05, 0.1) is 11.9 Å². The number of amidine groups is 1. The molecule has 0 amide bonds. The van der Waals surface area contributed by atoms with Gasteiger partial charge < -0.3 is 10.8 Å². The van der Waals surface area contributed by atoms with E-state index in [1.165, 1.54) is 0 Å². The van der Waals surface area contributed by atoms with Crippen LogP contribution in [-0.4, -0.2) is 17.0 Å². The van der Waals surface area contributed by atoms with Crippen molar-refractivity contribution in [3.8, 4) is 0 Å². The van der Waals surface area contributed by atoms with E-state index in [1.54, 1.807) is 13.8 Å². The highest BCUT2D eigenvalue weighted by molar-refractivity contribution is 5.83. The van der Waals surface area contributed by atoms with Crippen molar-refractivity contribution in [3.63, 3.8) is 0 Å². The highest BCUT2D eigenvalue weighted by Crippen LogP contribution is 2.25. The third-order valence-electron chi connectivity index (χ3n) is 2.07. The molecule has 0 fully saturated rings. The molecular formula is C8H18N2O. The Hall–Kier alpha value is -0.570. The summed E-state index contributed by atoms with van der Waals surface area (Å²) in [6.45, 7) is 7.38. The zero-order valence-electron chi connectivity index (χ0n) is 7.68. The molecule has 0 saturated heterocycles. The third kappa shape index (κ3) is 2.19. The van der Waals surface area contributed by atoms with E-state index in [4.69, 9.17) is 11.1 Å². The Morgan fingerprint density at radius 3 is 1.91 bits per heavy atom. The number of aliphatic hydroxyl groups excluding tert-OH is 1. The topological polar surface area (TPSA) is 70.1 Å². The molecular weight excluding hydrogens is 140 g/mol. The van der Waals surface area contributed by atoms with Crippen LogP contribution in [0.5, 0.6) is 0 Å². The largest absolute Gasteiger partial charge is 0.392 e. The van der Waals surface area contributed by atoms with Gasteiger partial charge in [-0.3, -0.25) is 5.41 Å².